The Balaban J connectivity index is 2.37. The zero-order valence-corrected chi connectivity index (χ0v) is 11.7. The average Bonchev–Trinajstić information content (AvgIpc) is 2.87. The highest BCUT2D eigenvalue weighted by atomic mass is 16.4. The number of primary amides is 1. The number of hydrogen-bond donors (Lipinski definition) is 3. The molecule has 0 aliphatic carbocycles. The van der Waals surface area contributed by atoms with Gasteiger partial charge in [-0.25, -0.2) is 9.59 Å². The Bertz CT molecular complexity index is 368. The van der Waals surface area contributed by atoms with Gasteiger partial charge in [0.15, 0.2) is 0 Å². The molecular formula is C12H22N4O4. The lowest BCUT2D eigenvalue weighted by molar-refractivity contribution is -0.140. The molecule has 0 aromatic heterocycles. The zero-order chi connectivity index (χ0) is 15.1. The summed E-state index contributed by atoms with van der Waals surface area (Å²) >= 11 is 0. The van der Waals surface area contributed by atoms with Crippen LogP contribution < -0.4 is 11.1 Å². The van der Waals surface area contributed by atoms with Crippen molar-refractivity contribution in [2.24, 2.45) is 5.73 Å². The van der Waals surface area contributed by atoms with Gasteiger partial charge in [-0.05, 0) is 25.9 Å². The van der Waals surface area contributed by atoms with Crippen molar-refractivity contribution in [3.8, 4) is 0 Å². The van der Waals surface area contributed by atoms with Crippen molar-refractivity contribution in [3.63, 3.8) is 0 Å². The number of urea groups is 1. The number of amides is 3. The lowest BCUT2D eigenvalue weighted by Crippen LogP contribution is -2.49. The van der Waals surface area contributed by atoms with Crippen LogP contribution in [-0.4, -0.2) is 72.1 Å². The smallest absolute Gasteiger partial charge is 0.326 e. The summed E-state index contributed by atoms with van der Waals surface area (Å²) in [5.41, 5.74) is 4.95. The van der Waals surface area contributed by atoms with E-state index in [9.17, 15) is 14.4 Å². The fraction of sp³-hybridized carbons (Fsp3) is 0.750. The summed E-state index contributed by atoms with van der Waals surface area (Å²) in [7, 11) is 1.59. The molecular weight excluding hydrogens is 264 g/mol. The number of carboxylic acid groups (broad SMARTS) is 1. The molecule has 3 amide bonds. The number of carbonyl (C=O) groups is 3. The van der Waals surface area contributed by atoms with Crippen molar-refractivity contribution in [1.29, 1.82) is 0 Å². The first-order valence-corrected chi connectivity index (χ1v) is 6.65. The predicted molar refractivity (Wildman–Crippen MR) is 72.1 cm³/mol. The van der Waals surface area contributed by atoms with Crippen LogP contribution in [-0.2, 0) is 9.59 Å². The molecule has 1 fully saturated rings. The maximum absolute atomic E-state index is 11.8. The van der Waals surface area contributed by atoms with E-state index >= 15 is 0 Å². The number of nitrogens with zero attached hydrogens (tertiary/aromatic N) is 2. The van der Waals surface area contributed by atoms with E-state index in [4.69, 9.17) is 10.8 Å². The molecule has 0 aromatic carbocycles. The van der Waals surface area contributed by atoms with Crippen LogP contribution in [0.5, 0.6) is 0 Å². The predicted octanol–water partition coefficient (Wildman–Crippen LogP) is -0.948. The molecule has 0 aromatic rings. The van der Waals surface area contributed by atoms with Crippen molar-refractivity contribution in [3.05, 3.63) is 0 Å². The third kappa shape index (κ3) is 5.43. The zero-order valence-electron chi connectivity index (χ0n) is 11.7. The van der Waals surface area contributed by atoms with Gasteiger partial charge in [0.2, 0.25) is 5.91 Å². The Labute approximate surface area is 117 Å². The largest absolute Gasteiger partial charge is 0.480 e. The number of nitrogens with two attached hydrogens (primary N) is 1. The first-order chi connectivity index (χ1) is 9.40. The van der Waals surface area contributed by atoms with Crippen LogP contribution in [0.2, 0.25) is 0 Å². The van der Waals surface area contributed by atoms with Crippen LogP contribution in [0.25, 0.3) is 0 Å². The second kappa shape index (κ2) is 7.68. The molecule has 1 atom stereocenters. The van der Waals surface area contributed by atoms with Gasteiger partial charge < -0.3 is 26.0 Å². The van der Waals surface area contributed by atoms with Gasteiger partial charge in [-0.1, -0.05) is 0 Å². The second-order valence-corrected chi connectivity index (χ2v) is 4.98. The molecule has 114 valence electrons. The third-order valence-corrected chi connectivity index (χ3v) is 3.30. The molecule has 4 N–H and O–H groups in total. The van der Waals surface area contributed by atoms with Crippen LogP contribution in [0.1, 0.15) is 19.3 Å². The molecule has 1 aliphatic rings. The van der Waals surface area contributed by atoms with Gasteiger partial charge in [-0.2, -0.15) is 0 Å². The topological polar surface area (TPSA) is 116 Å². The minimum Gasteiger partial charge on any atom is -0.480 e. The Kier molecular flexibility index (Phi) is 6.23. The van der Waals surface area contributed by atoms with E-state index in [1.54, 1.807) is 7.05 Å². The lowest BCUT2D eigenvalue weighted by atomic mass is 10.2. The van der Waals surface area contributed by atoms with Gasteiger partial charge in [-0.3, -0.25) is 4.79 Å². The van der Waals surface area contributed by atoms with E-state index in [0.717, 1.165) is 19.6 Å². The number of likely N-dealkylation sites (tertiary alicyclic amines) is 1. The maximum atomic E-state index is 11.8. The standard InChI is InChI=1S/C12H22N4O4/c1-15(6-7-16-4-2-3-5-16)12(20)14-9(11(18)19)8-10(13)17/h9H,2-8H2,1H3,(H2,13,17)(H,14,20)(H,18,19). The van der Waals surface area contributed by atoms with Gasteiger partial charge in [0, 0.05) is 20.1 Å². The number of carboxylic acids is 1. The fourth-order valence-corrected chi connectivity index (χ4v) is 2.06. The summed E-state index contributed by atoms with van der Waals surface area (Å²) in [6.45, 7) is 3.34. The minimum absolute atomic E-state index is 0.416. The molecule has 0 radical (unpaired) electrons. The monoisotopic (exact) mass is 286 g/mol. The number of rotatable bonds is 7. The van der Waals surface area contributed by atoms with Crippen molar-refractivity contribution in [2.75, 3.05) is 33.2 Å². The van der Waals surface area contributed by atoms with Crippen molar-refractivity contribution in [1.82, 2.24) is 15.1 Å². The summed E-state index contributed by atoms with van der Waals surface area (Å²) in [4.78, 5) is 37.2. The highest BCUT2D eigenvalue weighted by molar-refractivity contribution is 5.87. The molecule has 1 heterocycles. The van der Waals surface area contributed by atoms with Gasteiger partial charge in [-0.15, -0.1) is 0 Å². The van der Waals surface area contributed by atoms with Gasteiger partial charge in [0.25, 0.3) is 0 Å². The van der Waals surface area contributed by atoms with Crippen molar-refractivity contribution in [2.45, 2.75) is 25.3 Å². The number of aliphatic carboxylic acids is 1. The Morgan fingerprint density at radius 2 is 1.95 bits per heavy atom. The fourth-order valence-electron chi connectivity index (χ4n) is 2.06. The second-order valence-electron chi connectivity index (χ2n) is 4.98. The average molecular weight is 286 g/mol. The first kappa shape index (κ1) is 16.2. The van der Waals surface area contributed by atoms with Gasteiger partial charge in [0.1, 0.15) is 6.04 Å². The lowest BCUT2D eigenvalue weighted by Gasteiger charge is -2.23. The van der Waals surface area contributed by atoms with Crippen LogP contribution in [0, 0.1) is 0 Å². The number of nitrogens with one attached hydrogen (secondary N) is 1. The molecule has 8 nitrogen and oxygen atoms in total. The SMILES string of the molecule is CN(CCN1CCCC1)C(=O)NC(CC(N)=O)C(=O)O. The molecule has 0 spiro atoms. The molecule has 8 heteroatoms. The Hall–Kier alpha value is -1.83. The highest BCUT2D eigenvalue weighted by Gasteiger charge is 2.23. The molecule has 0 bridgehead atoms. The van der Waals surface area contributed by atoms with E-state index in [0.29, 0.717) is 6.54 Å². The number of carbonyl (C=O) groups excluding carboxylic acids is 2. The van der Waals surface area contributed by atoms with Crippen LogP contribution >= 0.6 is 0 Å². The molecule has 20 heavy (non-hydrogen) atoms. The van der Waals surface area contributed by atoms with Crippen molar-refractivity contribution >= 4 is 17.9 Å². The summed E-state index contributed by atoms with van der Waals surface area (Å²) in [6.07, 6.45) is 1.94. The van der Waals surface area contributed by atoms with E-state index in [1.165, 1.54) is 17.7 Å². The molecule has 1 unspecified atom stereocenters. The molecule has 1 saturated heterocycles. The van der Waals surface area contributed by atoms with E-state index in [-0.39, 0.29) is 0 Å². The van der Waals surface area contributed by atoms with Crippen LogP contribution in [0.4, 0.5) is 4.79 Å². The van der Waals surface area contributed by atoms with Crippen LogP contribution in [0.3, 0.4) is 0 Å². The molecule has 0 saturated carbocycles. The van der Waals surface area contributed by atoms with Gasteiger partial charge >= 0.3 is 12.0 Å². The van der Waals surface area contributed by atoms with E-state index in [2.05, 4.69) is 10.2 Å². The quantitative estimate of drug-likeness (QED) is 0.558. The number of hydrogen-bond acceptors (Lipinski definition) is 4. The molecule has 1 aliphatic heterocycles. The number of likely N-dealkylation sites (N-methyl/N-ethyl adjacent to an activating group) is 1. The molecule has 1 rings (SSSR count). The van der Waals surface area contributed by atoms with E-state index in [1.807, 2.05) is 0 Å². The third-order valence-electron chi connectivity index (χ3n) is 3.30. The normalized spacial score (nSPS) is 16.6. The van der Waals surface area contributed by atoms with Gasteiger partial charge in [0.05, 0.1) is 6.42 Å². The summed E-state index contributed by atoms with van der Waals surface area (Å²) in [5.74, 6) is -2.04. The Morgan fingerprint density at radius 3 is 2.45 bits per heavy atom. The van der Waals surface area contributed by atoms with Crippen molar-refractivity contribution < 1.29 is 19.5 Å². The minimum atomic E-state index is -1.28. The Morgan fingerprint density at radius 1 is 1.35 bits per heavy atom. The summed E-state index contributed by atoms with van der Waals surface area (Å²) < 4.78 is 0. The maximum Gasteiger partial charge on any atom is 0.326 e. The van der Waals surface area contributed by atoms with Crippen LogP contribution in [0.15, 0.2) is 0 Å². The summed E-state index contributed by atoms with van der Waals surface area (Å²) in [6, 6.07) is -1.80. The highest BCUT2D eigenvalue weighted by Crippen LogP contribution is 2.06. The summed E-state index contributed by atoms with van der Waals surface area (Å²) in [5, 5.41) is 11.2. The van der Waals surface area contributed by atoms with E-state index < -0.39 is 30.4 Å². The first-order valence-electron chi connectivity index (χ1n) is 6.65.